The van der Waals surface area contributed by atoms with Crippen molar-refractivity contribution in [1.29, 1.82) is 0 Å². The van der Waals surface area contributed by atoms with Gasteiger partial charge in [0.05, 0.1) is 44.6 Å². The Hall–Kier alpha value is -4.09. The summed E-state index contributed by atoms with van der Waals surface area (Å²) in [5.74, 6) is 2.11. The smallest absolute Gasteiger partial charge is 0.330 e. The molecule has 0 unspecified atom stereocenters. The zero-order valence-electron chi connectivity index (χ0n) is 17.7. The van der Waals surface area contributed by atoms with Crippen LogP contribution < -0.4 is 31.9 Å². The van der Waals surface area contributed by atoms with Gasteiger partial charge in [0.2, 0.25) is 11.6 Å². The second kappa shape index (κ2) is 7.31. The second-order valence-corrected chi connectivity index (χ2v) is 7.51. The van der Waals surface area contributed by atoms with Crippen LogP contribution >= 0.6 is 0 Å². The van der Waals surface area contributed by atoms with Crippen LogP contribution in [-0.4, -0.2) is 29.1 Å². The highest BCUT2D eigenvalue weighted by Gasteiger charge is 2.19. The number of imidazole rings is 1. The molecule has 0 aliphatic carbocycles. The maximum atomic E-state index is 13.3. The highest BCUT2D eigenvalue weighted by molar-refractivity contribution is 5.69. The normalized spacial score (nSPS) is 11.4. The third-order valence-electron chi connectivity index (χ3n) is 5.37. The van der Waals surface area contributed by atoms with E-state index in [0.717, 1.165) is 16.0 Å². The molecule has 0 radical (unpaired) electrons. The minimum Gasteiger partial charge on any atom is -0.362 e. The lowest BCUT2D eigenvalue weighted by molar-refractivity contribution is -0.681. The summed E-state index contributed by atoms with van der Waals surface area (Å²) in [6, 6.07) is 0. The fourth-order valence-corrected chi connectivity index (χ4v) is 3.38. The van der Waals surface area contributed by atoms with Crippen molar-refractivity contribution in [2.75, 3.05) is 11.5 Å². The second-order valence-electron chi connectivity index (χ2n) is 7.51. The largest absolute Gasteiger partial charge is 0.362 e. The van der Waals surface area contributed by atoms with Crippen molar-refractivity contribution in [1.82, 2.24) is 29.1 Å². The molecule has 0 aliphatic heterocycles. The van der Waals surface area contributed by atoms with Crippen molar-refractivity contribution in [3.05, 3.63) is 62.3 Å². The van der Waals surface area contributed by atoms with Crippen molar-refractivity contribution in [3.63, 3.8) is 0 Å². The summed E-state index contributed by atoms with van der Waals surface area (Å²) in [5.41, 5.74) is 12.8. The number of aryl methyl sites for hydroxylation is 4. The van der Waals surface area contributed by atoms with Gasteiger partial charge in [0.25, 0.3) is 17.2 Å². The molecule has 0 atom stereocenters. The lowest BCUT2D eigenvalue weighted by atomic mass is 10.3. The van der Waals surface area contributed by atoms with Crippen LogP contribution in [-0.2, 0) is 27.2 Å². The van der Waals surface area contributed by atoms with Crippen LogP contribution in [0.1, 0.15) is 22.8 Å². The Balaban J connectivity index is 1.82. The Morgan fingerprint density at radius 3 is 2.10 bits per heavy atom. The predicted molar refractivity (Wildman–Crippen MR) is 112 cm³/mol. The zero-order chi connectivity index (χ0) is 22.4. The van der Waals surface area contributed by atoms with Crippen molar-refractivity contribution in [2.45, 2.75) is 26.9 Å². The first-order chi connectivity index (χ1) is 14.7. The molecule has 4 aromatic rings. The summed E-state index contributed by atoms with van der Waals surface area (Å²) >= 11 is 0. The van der Waals surface area contributed by atoms with Crippen molar-refractivity contribution in [2.24, 2.45) is 14.1 Å². The number of nitrogens with one attached hydrogen (secondary N) is 1. The van der Waals surface area contributed by atoms with Gasteiger partial charge in [-0.2, -0.15) is 0 Å². The first-order valence-electron chi connectivity index (χ1n) is 9.57. The van der Waals surface area contributed by atoms with E-state index in [0.29, 0.717) is 17.2 Å². The third-order valence-corrected chi connectivity index (χ3v) is 5.37. The van der Waals surface area contributed by atoms with E-state index < -0.39 is 11.2 Å². The molecule has 12 nitrogen and oxygen atoms in total. The lowest BCUT2D eigenvalue weighted by Crippen LogP contribution is -2.39. The molecule has 0 bridgehead atoms. The van der Waals surface area contributed by atoms with Gasteiger partial charge in [0, 0.05) is 13.8 Å². The number of nitrogens with two attached hydrogens (primary N) is 2. The minimum atomic E-state index is -0.576. The summed E-state index contributed by atoms with van der Waals surface area (Å²) in [6.07, 6.45) is 5.10. The molecule has 5 N–H and O–H groups in total. The van der Waals surface area contributed by atoms with Gasteiger partial charge >= 0.3 is 5.69 Å². The van der Waals surface area contributed by atoms with Gasteiger partial charge in [0.15, 0.2) is 11.2 Å². The number of nitrogens with zero attached hydrogens (tertiary/aromatic N) is 7. The number of fused-ring (bicyclic) bond motifs is 1. The molecule has 0 aromatic carbocycles. The van der Waals surface area contributed by atoms with Crippen molar-refractivity contribution in [3.8, 4) is 0 Å². The first-order valence-corrected chi connectivity index (χ1v) is 9.57. The molecule has 0 saturated carbocycles. The topological polar surface area (TPSA) is 158 Å². The lowest BCUT2D eigenvalue weighted by Gasteiger charge is -2.08. The maximum Gasteiger partial charge on any atom is 0.330 e. The number of aromatic amines is 1. The number of H-pyrrole nitrogens is 1. The number of rotatable bonds is 4. The van der Waals surface area contributed by atoms with Crippen LogP contribution in [0.3, 0.4) is 0 Å². The van der Waals surface area contributed by atoms with E-state index in [-0.39, 0.29) is 30.1 Å². The molecule has 0 spiro atoms. The Morgan fingerprint density at radius 2 is 1.52 bits per heavy atom. The van der Waals surface area contributed by atoms with Gasteiger partial charge in [-0.1, -0.05) is 0 Å². The van der Waals surface area contributed by atoms with E-state index >= 15 is 0 Å². The summed E-state index contributed by atoms with van der Waals surface area (Å²) in [7, 11) is 3.68. The monoisotopic (exact) mass is 424 g/mol. The van der Waals surface area contributed by atoms with E-state index in [1.54, 1.807) is 15.3 Å². The summed E-state index contributed by atoms with van der Waals surface area (Å²) in [6.45, 7) is 3.91. The molecule has 4 aromatic heterocycles. The molecule has 12 heteroatoms. The van der Waals surface area contributed by atoms with Crippen LogP contribution in [0.25, 0.3) is 11.2 Å². The van der Waals surface area contributed by atoms with E-state index in [2.05, 4.69) is 19.9 Å². The first kappa shape index (κ1) is 20.2. The molecule has 160 valence electrons. The van der Waals surface area contributed by atoms with Crippen LogP contribution in [0.15, 0.2) is 28.3 Å². The van der Waals surface area contributed by atoms with Crippen molar-refractivity contribution >= 4 is 22.8 Å². The van der Waals surface area contributed by atoms with Crippen LogP contribution in [0, 0.1) is 13.8 Å². The average molecular weight is 424 g/mol. The quantitative estimate of drug-likeness (QED) is 0.326. The van der Waals surface area contributed by atoms with Gasteiger partial charge < -0.3 is 16.0 Å². The highest BCUT2D eigenvalue weighted by atomic mass is 16.2. The molecule has 4 heterocycles. The number of aromatic nitrogens is 8. The Kier molecular flexibility index (Phi) is 4.76. The fraction of sp³-hybridized carbons (Fsp3) is 0.316. The number of anilines is 2. The molecule has 0 saturated heterocycles. The fourth-order valence-electron chi connectivity index (χ4n) is 3.38. The number of hydrogen-bond acceptors (Lipinski definition) is 7. The van der Waals surface area contributed by atoms with Gasteiger partial charge in [-0.25, -0.2) is 18.9 Å². The minimum absolute atomic E-state index is 0.0224. The predicted octanol–water partition coefficient (Wildman–Crippen LogP) is -1.80. The van der Waals surface area contributed by atoms with Crippen LogP contribution in [0.4, 0.5) is 11.6 Å². The summed E-state index contributed by atoms with van der Waals surface area (Å²) < 4.78 is 6.35. The van der Waals surface area contributed by atoms with Gasteiger partial charge in [0.1, 0.15) is 12.4 Å². The van der Waals surface area contributed by atoms with Crippen molar-refractivity contribution < 1.29 is 9.13 Å². The third kappa shape index (κ3) is 3.52. The SMILES string of the molecule is Cc1nc(N)c(Cn2c(=O)[nH]c3ncn(Cc4c[n+](C)c(C)nc4N)c3c2=O)c[n+]1C. The number of hydrogen-bond donors (Lipinski definition) is 3. The Morgan fingerprint density at radius 1 is 0.968 bits per heavy atom. The van der Waals surface area contributed by atoms with Gasteiger partial charge in [-0.15, -0.1) is 0 Å². The molecule has 0 aliphatic rings. The molecular weight excluding hydrogens is 400 g/mol. The van der Waals surface area contributed by atoms with Gasteiger partial charge in [-0.05, 0) is 9.97 Å². The molecule has 0 amide bonds. The van der Waals surface area contributed by atoms with E-state index in [1.165, 1.54) is 6.33 Å². The van der Waals surface area contributed by atoms with Crippen LogP contribution in [0.5, 0.6) is 0 Å². The molecule has 0 fully saturated rings. The zero-order valence-corrected chi connectivity index (χ0v) is 17.7. The molecule has 4 rings (SSSR count). The van der Waals surface area contributed by atoms with E-state index in [9.17, 15) is 9.59 Å². The Labute approximate surface area is 176 Å². The molecule has 31 heavy (non-hydrogen) atoms. The average Bonchev–Trinajstić information content (AvgIpc) is 3.09. The van der Waals surface area contributed by atoms with E-state index in [4.69, 9.17) is 11.5 Å². The highest BCUT2D eigenvalue weighted by Crippen LogP contribution is 2.12. The maximum absolute atomic E-state index is 13.3. The number of nitrogen functional groups attached to an aromatic ring is 2. The summed E-state index contributed by atoms with van der Waals surface area (Å²) in [5, 5.41) is 0. The Bertz CT molecular complexity index is 1450. The summed E-state index contributed by atoms with van der Waals surface area (Å²) in [4.78, 5) is 41.2. The van der Waals surface area contributed by atoms with Gasteiger partial charge in [-0.3, -0.25) is 14.3 Å². The standard InChI is InChI=1S/C19H22N10O2/c1-10-23-15(20)12(5-26(10)3)7-28-9-22-17-14(28)18(30)29(19(31)25-17)8-13-6-27(4)11(2)24-16(13)21/h5-6,9,20-21H,7-8H2,1-4H3,(H,25,30,31)/p+2. The van der Waals surface area contributed by atoms with E-state index in [1.807, 2.05) is 38.7 Å². The molecular formula is C19H24N10O2+2. The van der Waals surface area contributed by atoms with Crippen LogP contribution in [0.2, 0.25) is 0 Å².